The molecule has 2 aromatic rings. The molecular weight excluding hydrogens is 339 g/mol. The quantitative estimate of drug-likeness (QED) is 0.602. The van der Waals surface area contributed by atoms with E-state index in [1.165, 1.54) is 6.08 Å². The number of rotatable bonds is 4. The van der Waals surface area contributed by atoms with Gasteiger partial charge < -0.3 is 14.2 Å². The van der Waals surface area contributed by atoms with Gasteiger partial charge in [0.15, 0.2) is 11.5 Å². The van der Waals surface area contributed by atoms with Crippen molar-refractivity contribution in [2.75, 3.05) is 6.79 Å². The second-order valence-electron chi connectivity index (χ2n) is 4.80. The van der Waals surface area contributed by atoms with Crippen LogP contribution in [0.1, 0.15) is 11.1 Å². The van der Waals surface area contributed by atoms with Crippen LogP contribution in [0.15, 0.2) is 42.5 Å². The maximum absolute atomic E-state index is 11.8. The van der Waals surface area contributed by atoms with Gasteiger partial charge in [-0.15, -0.1) is 0 Å². The first-order valence-electron chi connectivity index (χ1n) is 6.80. The molecule has 1 heterocycles. The Kier molecular flexibility index (Phi) is 4.74. The van der Waals surface area contributed by atoms with E-state index >= 15 is 0 Å². The molecule has 0 fully saturated rings. The molecule has 0 N–H and O–H groups in total. The SMILES string of the molecule is O=C(/C=C/c1ccc2c(c1)OCO2)OCc1ccc(Cl)c(Cl)c1. The van der Waals surface area contributed by atoms with Crippen molar-refractivity contribution in [1.82, 2.24) is 0 Å². The summed E-state index contributed by atoms with van der Waals surface area (Å²) >= 11 is 11.7. The maximum Gasteiger partial charge on any atom is 0.331 e. The monoisotopic (exact) mass is 350 g/mol. The van der Waals surface area contributed by atoms with Crippen LogP contribution in [0.4, 0.5) is 0 Å². The molecule has 0 radical (unpaired) electrons. The zero-order chi connectivity index (χ0) is 16.2. The van der Waals surface area contributed by atoms with Gasteiger partial charge in [-0.05, 0) is 41.5 Å². The van der Waals surface area contributed by atoms with E-state index in [0.717, 1.165) is 11.1 Å². The lowest BCUT2D eigenvalue weighted by Crippen LogP contribution is -2.00. The Morgan fingerprint density at radius 2 is 1.91 bits per heavy atom. The first-order valence-corrected chi connectivity index (χ1v) is 7.56. The number of ether oxygens (including phenoxy) is 3. The zero-order valence-corrected chi connectivity index (χ0v) is 13.4. The average Bonchev–Trinajstić information content (AvgIpc) is 3.01. The lowest BCUT2D eigenvalue weighted by molar-refractivity contribution is -0.138. The molecule has 23 heavy (non-hydrogen) atoms. The molecule has 0 bridgehead atoms. The molecular formula is C17H12Cl2O4. The Balaban J connectivity index is 1.57. The highest BCUT2D eigenvalue weighted by molar-refractivity contribution is 6.42. The molecule has 0 spiro atoms. The largest absolute Gasteiger partial charge is 0.458 e. The van der Waals surface area contributed by atoms with E-state index in [9.17, 15) is 4.79 Å². The summed E-state index contributed by atoms with van der Waals surface area (Å²) in [5.41, 5.74) is 1.59. The number of hydrogen-bond donors (Lipinski definition) is 0. The summed E-state index contributed by atoms with van der Waals surface area (Å²) in [4.78, 5) is 11.8. The fraction of sp³-hybridized carbons (Fsp3) is 0.118. The maximum atomic E-state index is 11.8. The number of benzene rings is 2. The van der Waals surface area contributed by atoms with E-state index in [4.69, 9.17) is 37.4 Å². The molecule has 4 nitrogen and oxygen atoms in total. The molecule has 1 aliphatic rings. The van der Waals surface area contributed by atoms with E-state index in [2.05, 4.69) is 0 Å². The number of esters is 1. The van der Waals surface area contributed by atoms with Crippen molar-refractivity contribution in [3.63, 3.8) is 0 Å². The van der Waals surface area contributed by atoms with E-state index in [0.29, 0.717) is 21.5 Å². The highest BCUT2D eigenvalue weighted by atomic mass is 35.5. The molecule has 0 unspecified atom stereocenters. The predicted octanol–water partition coefficient (Wildman–Crippen LogP) is 4.48. The summed E-state index contributed by atoms with van der Waals surface area (Å²) in [7, 11) is 0. The van der Waals surface area contributed by atoms with Crippen molar-refractivity contribution in [3.05, 3.63) is 63.6 Å². The normalized spacial score (nSPS) is 12.6. The van der Waals surface area contributed by atoms with Gasteiger partial charge in [0.2, 0.25) is 6.79 Å². The van der Waals surface area contributed by atoms with Gasteiger partial charge in [0.25, 0.3) is 0 Å². The number of fused-ring (bicyclic) bond motifs is 1. The van der Waals surface area contributed by atoms with Gasteiger partial charge in [-0.2, -0.15) is 0 Å². The minimum absolute atomic E-state index is 0.126. The highest BCUT2D eigenvalue weighted by Crippen LogP contribution is 2.32. The summed E-state index contributed by atoms with van der Waals surface area (Å²) in [6.07, 6.45) is 3.01. The zero-order valence-electron chi connectivity index (χ0n) is 11.9. The summed E-state index contributed by atoms with van der Waals surface area (Å²) in [6.45, 7) is 0.343. The average molecular weight is 351 g/mol. The van der Waals surface area contributed by atoms with E-state index in [1.54, 1.807) is 36.4 Å². The predicted molar refractivity (Wildman–Crippen MR) is 87.9 cm³/mol. The fourth-order valence-corrected chi connectivity index (χ4v) is 2.33. The third-order valence-corrected chi connectivity index (χ3v) is 3.91. The summed E-state index contributed by atoms with van der Waals surface area (Å²) in [6, 6.07) is 10.5. The van der Waals surface area contributed by atoms with Crippen LogP contribution in [0.5, 0.6) is 11.5 Å². The molecule has 6 heteroatoms. The van der Waals surface area contributed by atoms with Crippen molar-refractivity contribution in [3.8, 4) is 11.5 Å². The molecule has 118 valence electrons. The van der Waals surface area contributed by atoms with E-state index in [1.807, 2.05) is 6.07 Å². The highest BCUT2D eigenvalue weighted by Gasteiger charge is 2.12. The number of carbonyl (C=O) groups is 1. The lowest BCUT2D eigenvalue weighted by atomic mass is 10.2. The lowest BCUT2D eigenvalue weighted by Gasteiger charge is -2.04. The van der Waals surface area contributed by atoms with Crippen molar-refractivity contribution in [2.45, 2.75) is 6.61 Å². The standard InChI is InChI=1S/C17H12Cl2O4/c18-13-4-1-12(7-14(13)19)9-21-17(20)6-3-11-2-5-15-16(8-11)23-10-22-15/h1-8H,9-10H2/b6-3+. The van der Waals surface area contributed by atoms with E-state index in [-0.39, 0.29) is 13.4 Å². The van der Waals surface area contributed by atoms with Crippen molar-refractivity contribution >= 4 is 35.2 Å². The van der Waals surface area contributed by atoms with Gasteiger partial charge in [-0.3, -0.25) is 0 Å². The molecule has 0 saturated heterocycles. The number of carbonyl (C=O) groups excluding carboxylic acids is 1. The molecule has 0 aliphatic carbocycles. The molecule has 0 aromatic heterocycles. The van der Waals surface area contributed by atoms with Crippen molar-refractivity contribution in [1.29, 1.82) is 0 Å². The fourth-order valence-electron chi connectivity index (χ4n) is 2.01. The van der Waals surface area contributed by atoms with Crippen LogP contribution in [0.25, 0.3) is 6.08 Å². The third kappa shape index (κ3) is 3.97. The van der Waals surface area contributed by atoms with Gasteiger partial charge in [0.1, 0.15) is 6.61 Å². The van der Waals surface area contributed by atoms with Crippen molar-refractivity contribution < 1.29 is 19.0 Å². The second-order valence-corrected chi connectivity index (χ2v) is 5.62. The van der Waals surface area contributed by atoms with Gasteiger partial charge in [0.05, 0.1) is 10.0 Å². The first kappa shape index (κ1) is 15.7. The van der Waals surface area contributed by atoms with Crippen LogP contribution in [0.3, 0.4) is 0 Å². The van der Waals surface area contributed by atoms with Crippen molar-refractivity contribution in [2.24, 2.45) is 0 Å². The Bertz CT molecular complexity index is 771. The van der Waals surface area contributed by atoms with Gasteiger partial charge in [0, 0.05) is 6.08 Å². The Morgan fingerprint density at radius 1 is 1.09 bits per heavy atom. The van der Waals surface area contributed by atoms with Crippen LogP contribution in [0.2, 0.25) is 10.0 Å². The summed E-state index contributed by atoms with van der Waals surface area (Å²) in [5, 5.41) is 0.889. The smallest absolute Gasteiger partial charge is 0.331 e. The Hall–Kier alpha value is -2.17. The Labute approximate surface area is 143 Å². The summed E-state index contributed by atoms with van der Waals surface area (Å²) < 4.78 is 15.7. The minimum Gasteiger partial charge on any atom is -0.458 e. The molecule has 0 saturated carbocycles. The van der Waals surface area contributed by atoms with Gasteiger partial charge in [-0.25, -0.2) is 4.79 Å². The second kappa shape index (κ2) is 6.94. The molecule has 1 aliphatic heterocycles. The van der Waals surface area contributed by atoms with Gasteiger partial charge >= 0.3 is 5.97 Å². The molecule has 0 atom stereocenters. The topological polar surface area (TPSA) is 44.8 Å². The van der Waals surface area contributed by atoms with Gasteiger partial charge in [-0.1, -0.05) is 35.3 Å². The van der Waals surface area contributed by atoms with Crippen LogP contribution in [-0.4, -0.2) is 12.8 Å². The van der Waals surface area contributed by atoms with E-state index < -0.39 is 5.97 Å². The molecule has 0 amide bonds. The van der Waals surface area contributed by atoms with Crippen LogP contribution in [0, 0.1) is 0 Å². The number of hydrogen-bond acceptors (Lipinski definition) is 4. The number of halogens is 2. The van der Waals surface area contributed by atoms with Crippen LogP contribution >= 0.6 is 23.2 Å². The first-order chi connectivity index (χ1) is 11.1. The minimum atomic E-state index is -0.450. The Morgan fingerprint density at radius 3 is 2.74 bits per heavy atom. The molecule has 3 rings (SSSR count). The summed E-state index contributed by atoms with van der Waals surface area (Å²) in [5.74, 6) is 0.911. The van der Waals surface area contributed by atoms with Crippen LogP contribution in [-0.2, 0) is 16.1 Å². The third-order valence-electron chi connectivity index (χ3n) is 3.17. The van der Waals surface area contributed by atoms with Crippen LogP contribution < -0.4 is 9.47 Å². The molecule has 2 aromatic carbocycles.